The number of nitrogens with two attached hydrogens (primary N) is 1. The van der Waals surface area contributed by atoms with Crippen LogP contribution in [0.1, 0.15) is 34.1 Å². The third-order valence-corrected chi connectivity index (χ3v) is 6.31. The average molecular weight is 361 g/mol. The quantitative estimate of drug-likeness (QED) is 0.799. The molecule has 2 aromatic rings. The molecule has 1 heterocycles. The van der Waals surface area contributed by atoms with Gasteiger partial charge in [0.25, 0.3) is 5.91 Å². The van der Waals surface area contributed by atoms with Crippen LogP contribution in [-0.4, -0.2) is 17.6 Å². The molecule has 0 saturated heterocycles. The second kappa shape index (κ2) is 7.40. The number of carbonyl (C=O) groups is 2. The van der Waals surface area contributed by atoms with Crippen molar-refractivity contribution < 1.29 is 9.59 Å². The number of nitrogens with one attached hydrogen (secondary N) is 1. The number of primary amides is 1. The minimum atomic E-state index is -0.451. The molecule has 24 heavy (non-hydrogen) atoms. The Balaban J connectivity index is 1.72. The number of amides is 2. The normalized spacial score (nSPS) is 16.5. The lowest BCUT2D eigenvalue weighted by Crippen LogP contribution is -2.20. The van der Waals surface area contributed by atoms with Gasteiger partial charge in [-0.2, -0.15) is 0 Å². The Morgan fingerprint density at radius 3 is 2.79 bits per heavy atom. The van der Waals surface area contributed by atoms with E-state index in [2.05, 4.69) is 12.2 Å². The van der Waals surface area contributed by atoms with Crippen LogP contribution in [0.15, 0.2) is 35.2 Å². The fourth-order valence-electron chi connectivity index (χ4n) is 2.93. The summed E-state index contributed by atoms with van der Waals surface area (Å²) in [6.07, 6.45) is 2.87. The molecule has 0 spiro atoms. The van der Waals surface area contributed by atoms with Crippen molar-refractivity contribution in [3.8, 4) is 0 Å². The minimum absolute atomic E-state index is 0.113. The van der Waals surface area contributed by atoms with Crippen molar-refractivity contribution in [2.45, 2.75) is 31.1 Å². The number of benzene rings is 1. The lowest BCUT2D eigenvalue weighted by atomic mass is 9.88. The molecular formula is C18H20N2O2S2. The van der Waals surface area contributed by atoms with Gasteiger partial charge in [-0.3, -0.25) is 9.59 Å². The Labute approximate surface area is 149 Å². The predicted molar refractivity (Wildman–Crippen MR) is 99.8 cm³/mol. The van der Waals surface area contributed by atoms with Gasteiger partial charge in [-0.1, -0.05) is 25.1 Å². The molecule has 0 bridgehead atoms. The van der Waals surface area contributed by atoms with Crippen LogP contribution in [0.3, 0.4) is 0 Å². The average Bonchev–Trinajstić information content (AvgIpc) is 2.90. The number of fused-ring (bicyclic) bond motifs is 1. The first kappa shape index (κ1) is 17.0. The standard InChI is InChI=1S/C18H20N2O2S2/c1-11-7-8-13-14(9-11)24-18(16(13)17(19)22)20-15(21)10-23-12-5-3-2-4-6-12/h2-6,11H,7-10H2,1H3,(H2,19,22)(H,20,21). The first-order chi connectivity index (χ1) is 11.5. The van der Waals surface area contributed by atoms with Crippen molar-refractivity contribution in [2.24, 2.45) is 11.7 Å². The summed E-state index contributed by atoms with van der Waals surface area (Å²) in [4.78, 5) is 26.4. The molecule has 1 aliphatic rings. The summed E-state index contributed by atoms with van der Waals surface area (Å²) >= 11 is 2.98. The van der Waals surface area contributed by atoms with Crippen LogP contribution in [0.25, 0.3) is 0 Å². The van der Waals surface area contributed by atoms with E-state index in [1.165, 1.54) is 28.0 Å². The maximum Gasteiger partial charge on any atom is 0.251 e. The van der Waals surface area contributed by atoms with Gasteiger partial charge in [-0.05, 0) is 42.9 Å². The number of thiophene rings is 1. The fraction of sp³-hybridized carbons (Fsp3) is 0.333. The number of thioether (sulfide) groups is 1. The third kappa shape index (κ3) is 3.82. The monoisotopic (exact) mass is 360 g/mol. The first-order valence-electron chi connectivity index (χ1n) is 7.96. The molecule has 4 nitrogen and oxygen atoms in total. The highest BCUT2D eigenvalue weighted by atomic mass is 32.2. The Bertz CT molecular complexity index is 756. The highest BCUT2D eigenvalue weighted by Crippen LogP contribution is 2.39. The van der Waals surface area contributed by atoms with Gasteiger partial charge in [0.2, 0.25) is 5.91 Å². The first-order valence-corrected chi connectivity index (χ1v) is 9.77. The zero-order chi connectivity index (χ0) is 17.1. The smallest absolute Gasteiger partial charge is 0.251 e. The highest BCUT2D eigenvalue weighted by molar-refractivity contribution is 8.00. The van der Waals surface area contributed by atoms with Crippen molar-refractivity contribution in [3.05, 3.63) is 46.3 Å². The topological polar surface area (TPSA) is 72.2 Å². The van der Waals surface area contributed by atoms with E-state index in [0.29, 0.717) is 22.2 Å². The SMILES string of the molecule is CC1CCc2c(sc(NC(=O)CSc3ccccc3)c2C(N)=O)C1. The van der Waals surface area contributed by atoms with Gasteiger partial charge in [-0.25, -0.2) is 0 Å². The molecule has 1 aliphatic carbocycles. The molecule has 3 rings (SSSR count). The molecular weight excluding hydrogens is 340 g/mol. The third-order valence-electron chi connectivity index (χ3n) is 4.12. The Kier molecular flexibility index (Phi) is 5.26. The summed E-state index contributed by atoms with van der Waals surface area (Å²) in [7, 11) is 0. The molecule has 1 atom stereocenters. The largest absolute Gasteiger partial charge is 0.365 e. The molecule has 0 aliphatic heterocycles. The summed E-state index contributed by atoms with van der Waals surface area (Å²) in [5.74, 6) is 0.349. The van der Waals surface area contributed by atoms with Crippen LogP contribution in [0.4, 0.5) is 5.00 Å². The molecule has 1 unspecified atom stereocenters. The molecule has 6 heteroatoms. The second-order valence-electron chi connectivity index (χ2n) is 6.07. The molecule has 1 aromatic carbocycles. The molecule has 3 N–H and O–H groups in total. The molecule has 0 saturated carbocycles. The van der Waals surface area contributed by atoms with Crippen molar-refractivity contribution in [2.75, 3.05) is 11.1 Å². The lowest BCUT2D eigenvalue weighted by Gasteiger charge is -2.18. The maximum absolute atomic E-state index is 12.3. The number of carbonyl (C=O) groups excluding carboxylic acids is 2. The van der Waals surface area contributed by atoms with E-state index in [0.717, 1.165) is 29.7 Å². The zero-order valence-electron chi connectivity index (χ0n) is 13.5. The second-order valence-corrected chi connectivity index (χ2v) is 8.22. The molecule has 2 amide bonds. The van der Waals surface area contributed by atoms with E-state index >= 15 is 0 Å². The van der Waals surface area contributed by atoms with Crippen LogP contribution < -0.4 is 11.1 Å². The summed E-state index contributed by atoms with van der Waals surface area (Å²) in [6, 6.07) is 9.77. The van der Waals surface area contributed by atoms with Gasteiger partial charge in [0.1, 0.15) is 5.00 Å². The van der Waals surface area contributed by atoms with Crippen molar-refractivity contribution in [3.63, 3.8) is 0 Å². The van der Waals surface area contributed by atoms with Crippen molar-refractivity contribution in [1.29, 1.82) is 0 Å². The fourth-order valence-corrected chi connectivity index (χ4v) is 5.08. The van der Waals surface area contributed by atoms with Crippen LogP contribution >= 0.6 is 23.1 Å². The van der Waals surface area contributed by atoms with Crippen LogP contribution in [0.2, 0.25) is 0 Å². The van der Waals surface area contributed by atoms with Crippen molar-refractivity contribution >= 4 is 39.9 Å². The lowest BCUT2D eigenvalue weighted by molar-refractivity contribution is -0.113. The van der Waals surface area contributed by atoms with Gasteiger partial charge in [0.05, 0.1) is 11.3 Å². The summed E-state index contributed by atoms with van der Waals surface area (Å²) in [5.41, 5.74) is 7.12. The summed E-state index contributed by atoms with van der Waals surface area (Å²) in [6.45, 7) is 2.21. The zero-order valence-corrected chi connectivity index (χ0v) is 15.1. The van der Waals surface area contributed by atoms with Gasteiger partial charge >= 0.3 is 0 Å². The molecule has 0 radical (unpaired) electrons. The number of rotatable bonds is 5. The minimum Gasteiger partial charge on any atom is -0.365 e. The Hall–Kier alpha value is -1.79. The molecule has 1 aromatic heterocycles. The van der Waals surface area contributed by atoms with E-state index in [1.54, 1.807) is 0 Å². The predicted octanol–water partition coefficient (Wildman–Crippen LogP) is 3.70. The van der Waals surface area contributed by atoms with Gasteiger partial charge < -0.3 is 11.1 Å². The Morgan fingerprint density at radius 1 is 1.33 bits per heavy atom. The highest BCUT2D eigenvalue weighted by Gasteiger charge is 2.27. The Morgan fingerprint density at radius 2 is 2.08 bits per heavy atom. The van der Waals surface area contributed by atoms with E-state index in [9.17, 15) is 9.59 Å². The summed E-state index contributed by atoms with van der Waals surface area (Å²) < 4.78 is 0. The van der Waals surface area contributed by atoms with Gasteiger partial charge in [-0.15, -0.1) is 23.1 Å². The van der Waals surface area contributed by atoms with E-state index < -0.39 is 5.91 Å². The number of anilines is 1. The molecule has 126 valence electrons. The van der Waals surface area contributed by atoms with Crippen LogP contribution in [0, 0.1) is 5.92 Å². The van der Waals surface area contributed by atoms with Gasteiger partial charge in [0.15, 0.2) is 0 Å². The van der Waals surface area contributed by atoms with Gasteiger partial charge in [0, 0.05) is 9.77 Å². The molecule has 0 fully saturated rings. The number of hydrogen-bond donors (Lipinski definition) is 2. The van der Waals surface area contributed by atoms with E-state index in [1.807, 2.05) is 30.3 Å². The van der Waals surface area contributed by atoms with Crippen LogP contribution in [0.5, 0.6) is 0 Å². The maximum atomic E-state index is 12.3. The van der Waals surface area contributed by atoms with E-state index in [-0.39, 0.29) is 5.91 Å². The number of hydrogen-bond acceptors (Lipinski definition) is 4. The van der Waals surface area contributed by atoms with E-state index in [4.69, 9.17) is 5.73 Å². The van der Waals surface area contributed by atoms with Crippen LogP contribution in [-0.2, 0) is 17.6 Å². The summed E-state index contributed by atoms with van der Waals surface area (Å²) in [5, 5.41) is 3.50. The van der Waals surface area contributed by atoms with Crippen molar-refractivity contribution in [1.82, 2.24) is 0 Å².